The van der Waals surface area contributed by atoms with Crippen molar-refractivity contribution >= 4 is 17.4 Å². The van der Waals surface area contributed by atoms with Crippen LogP contribution in [-0.2, 0) is 6.54 Å². The smallest absolute Gasteiger partial charge is 0.141 e. The molecule has 2 rings (SSSR count). The number of hydrogen-bond acceptors (Lipinski definition) is 2. The van der Waals surface area contributed by atoms with Gasteiger partial charge in [0.2, 0.25) is 0 Å². The fourth-order valence-corrected chi connectivity index (χ4v) is 1.82. The quantitative estimate of drug-likeness (QED) is 0.894. The van der Waals surface area contributed by atoms with Crippen LogP contribution in [-0.4, -0.2) is 9.78 Å². The number of benzene rings is 1. The molecule has 1 aromatic heterocycles. The third-order valence-corrected chi connectivity index (χ3v) is 3.08. The zero-order chi connectivity index (χ0) is 12.6. The van der Waals surface area contributed by atoms with E-state index in [9.17, 15) is 4.39 Å². The Labute approximate surface area is 104 Å². The minimum atomic E-state index is -0.265. The molecule has 1 aromatic carbocycles. The van der Waals surface area contributed by atoms with Gasteiger partial charge >= 0.3 is 0 Å². The highest BCUT2D eigenvalue weighted by molar-refractivity contribution is 6.33. The molecule has 1 heterocycles. The van der Waals surface area contributed by atoms with Gasteiger partial charge in [0.15, 0.2) is 0 Å². The Bertz CT molecular complexity index is 563. The number of aryl methyl sites for hydroxylation is 2. The molecule has 0 aliphatic carbocycles. The normalized spacial score (nSPS) is 10.8. The zero-order valence-corrected chi connectivity index (χ0v) is 10.4. The molecular formula is C12H13ClFN3. The first-order valence-electron chi connectivity index (χ1n) is 5.22. The third-order valence-electron chi connectivity index (χ3n) is 2.61. The van der Waals surface area contributed by atoms with Crippen LogP contribution in [0.5, 0.6) is 0 Å². The second-order valence-electron chi connectivity index (χ2n) is 4.04. The minimum Gasteiger partial charge on any atom is -0.383 e. The molecule has 0 fully saturated rings. The van der Waals surface area contributed by atoms with Crippen molar-refractivity contribution < 1.29 is 4.39 Å². The van der Waals surface area contributed by atoms with E-state index in [1.54, 1.807) is 19.1 Å². The Morgan fingerprint density at radius 1 is 1.41 bits per heavy atom. The number of nitrogen functional groups attached to an aromatic ring is 1. The summed E-state index contributed by atoms with van der Waals surface area (Å²) in [7, 11) is 0. The maximum atomic E-state index is 13.6. The van der Waals surface area contributed by atoms with E-state index >= 15 is 0 Å². The van der Waals surface area contributed by atoms with Crippen LogP contribution < -0.4 is 5.73 Å². The predicted octanol–water partition coefficient (Wildman–Crippen LogP) is 2.92. The van der Waals surface area contributed by atoms with Gasteiger partial charge in [0.1, 0.15) is 16.7 Å². The van der Waals surface area contributed by atoms with Crippen LogP contribution in [0.1, 0.15) is 16.8 Å². The number of nitrogens with zero attached hydrogens (tertiary/aromatic N) is 2. The maximum Gasteiger partial charge on any atom is 0.141 e. The molecule has 0 saturated carbocycles. The summed E-state index contributed by atoms with van der Waals surface area (Å²) in [6.45, 7) is 3.96. The van der Waals surface area contributed by atoms with Crippen LogP contribution in [0, 0.1) is 19.7 Å². The fraction of sp³-hybridized carbons (Fsp3) is 0.250. The summed E-state index contributed by atoms with van der Waals surface area (Å²) in [6.07, 6.45) is 0. The Morgan fingerprint density at radius 2 is 2.12 bits per heavy atom. The van der Waals surface area contributed by atoms with E-state index in [1.807, 2.05) is 6.92 Å². The number of hydrogen-bond donors (Lipinski definition) is 1. The second-order valence-corrected chi connectivity index (χ2v) is 4.42. The highest BCUT2D eigenvalue weighted by Gasteiger charge is 2.12. The van der Waals surface area contributed by atoms with Gasteiger partial charge in [0.25, 0.3) is 0 Å². The third kappa shape index (κ3) is 2.26. The van der Waals surface area contributed by atoms with Crippen molar-refractivity contribution in [1.29, 1.82) is 0 Å². The van der Waals surface area contributed by atoms with Gasteiger partial charge in [-0.05, 0) is 19.9 Å². The minimum absolute atomic E-state index is 0.265. The Morgan fingerprint density at radius 3 is 2.71 bits per heavy atom. The second kappa shape index (κ2) is 4.37. The van der Waals surface area contributed by atoms with E-state index in [0.29, 0.717) is 22.1 Å². The van der Waals surface area contributed by atoms with Gasteiger partial charge in [0, 0.05) is 5.56 Å². The molecule has 3 nitrogen and oxygen atoms in total. The first-order chi connectivity index (χ1) is 7.99. The van der Waals surface area contributed by atoms with Gasteiger partial charge in [-0.2, -0.15) is 5.10 Å². The monoisotopic (exact) mass is 253 g/mol. The SMILES string of the molecule is Cc1ccc(F)c(Cn2nc(C)c(Cl)c2N)c1. The van der Waals surface area contributed by atoms with Gasteiger partial charge in [0.05, 0.1) is 12.2 Å². The molecule has 0 radical (unpaired) electrons. The van der Waals surface area contributed by atoms with E-state index in [-0.39, 0.29) is 12.4 Å². The molecule has 0 aliphatic rings. The van der Waals surface area contributed by atoms with Crippen molar-refractivity contribution in [2.24, 2.45) is 0 Å². The molecule has 2 aromatic rings. The summed E-state index contributed by atoms with van der Waals surface area (Å²) in [5.74, 6) is 0.101. The number of aromatic nitrogens is 2. The summed E-state index contributed by atoms with van der Waals surface area (Å²) < 4.78 is 15.1. The summed E-state index contributed by atoms with van der Waals surface area (Å²) in [5.41, 5.74) is 7.98. The van der Waals surface area contributed by atoms with Crippen molar-refractivity contribution in [3.05, 3.63) is 45.9 Å². The van der Waals surface area contributed by atoms with Crippen LogP contribution in [0.2, 0.25) is 5.02 Å². The molecule has 0 bridgehead atoms. The molecular weight excluding hydrogens is 241 g/mol. The molecule has 0 saturated heterocycles. The van der Waals surface area contributed by atoms with Crippen LogP contribution in [0.25, 0.3) is 0 Å². The van der Waals surface area contributed by atoms with Gasteiger partial charge in [-0.3, -0.25) is 0 Å². The van der Waals surface area contributed by atoms with E-state index < -0.39 is 0 Å². The van der Waals surface area contributed by atoms with Crippen LogP contribution in [0.4, 0.5) is 10.2 Å². The lowest BCUT2D eigenvalue weighted by Gasteiger charge is -2.06. The fourth-order valence-electron chi connectivity index (χ4n) is 1.68. The molecule has 5 heteroatoms. The number of halogens is 2. The van der Waals surface area contributed by atoms with Crippen molar-refractivity contribution in [1.82, 2.24) is 9.78 Å². The number of anilines is 1. The average Bonchev–Trinajstić information content (AvgIpc) is 2.52. The van der Waals surface area contributed by atoms with E-state index in [4.69, 9.17) is 17.3 Å². The lowest BCUT2D eigenvalue weighted by molar-refractivity contribution is 0.586. The number of rotatable bonds is 2. The number of nitrogens with two attached hydrogens (primary N) is 1. The Balaban J connectivity index is 2.37. The summed E-state index contributed by atoms with van der Waals surface area (Å²) in [6, 6.07) is 4.95. The van der Waals surface area contributed by atoms with Crippen molar-refractivity contribution in [3.63, 3.8) is 0 Å². The predicted molar refractivity (Wildman–Crippen MR) is 66.6 cm³/mol. The van der Waals surface area contributed by atoms with Crippen molar-refractivity contribution in [2.45, 2.75) is 20.4 Å². The molecule has 0 spiro atoms. The maximum absolute atomic E-state index is 13.6. The molecule has 2 N–H and O–H groups in total. The Kier molecular flexibility index (Phi) is 3.07. The Hall–Kier alpha value is -1.55. The largest absolute Gasteiger partial charge is 0.383 e. The molecule has 0 amide bonds. The van der Waals surface area contributed by atoms with Crippen LogP contribution in [0.3, 0.4) is 0 Å². The van der Waals surface area contributed by atoms with Crippen molar-refractivity contribution in [3.8, 4) is 0 Å². The lowest BCUT2D eigenvalue weighted by atomic mass is 10.1. The van der Waals surface area contributed by atoms with E-state index in [1.165, 1.54) is 10.7 Å². The molecule has 17 heavy (non-hydrogen) atoms. The van der Waals surface area contributed by atoms with Crippen molar-refractivity contribution in [2.75, 3.05) is 5.73 Å². The average molecular weight is 254 g/mol. The highest BCUT2D eigenvalue weighted by Crippen LogP contribution is 2.23. The zero-order valence-electron chi connectivity index (χ0n) is 9.67. The van der Waals surface area contributed by atoms with Gasteiger partial charge < -0.3 is 5.73 Å². The van der Waals surface area contributed by atoms with Crippen LogP contribution in [0.15, 0.2) is 18.2 Å². The summed E-state index contributed by atoms with van der Waals surface area (Å²) in [4.78, 5) is 0. The molecule has 0 atom stereocenters. The van der Waals surface area contributed by atoms with Gasteiger partial charge in [-0.25, -0.2) is 9.07 Å². The summed E-state index contributed by atoms with van der Waals surface area (Å²) in [5, 5.41) is 4.60. The topological polar surface area (TPSA) is 43.8 Å². The van der Waals surface area contributed by atoms with E-state index in [0.717, 1.165) is 5.56 Å². The van der Waals surface area contributed by atoms with Gasteiger partial charge in [-0.1, -0.05) is 29.3 Å². The molecule has 0 aliphatic heterocycles. The standard InChI is InChI=1S/C12H13ClFN3/c1-7-3-4-10(14)9(5-7)6-17-12(15)11(13)8(2)16-17/h3-5H,6,15H2,1-2H3. The van der Waals surface area contributed by atoms with E-state index in [2.05, 4.69) is 5.10 Å². The highest BCUT2D eigenvalue weighted by atomic mass is 35.5. The first kappa shape index (κ1) is 11.9. The summed E-state index contributed by atoms with van der Waals surface area (Å²) >= 11 is 5.93. The molecule has 0 unspecified atom stereocenters. The van der Waals surface area contributed by atoms with Gasteiger partial charge in [-0.15, -0.1) is 0 Å². The van der Waals surface area contributed by atoms with Crippen LogP contribution >= 0.6 is 11.6 Å². The molecule has 90 valence electrons. The first-order valence-corrected chi connectivity index (χ1v) is 5.60. The lowest BCUT2D eigenvalue weighted by Crippen LogP contribution is -2.07.